The van der Waals surface area contributed by atoms with Crippen molar-refractivity contribution in [2.45, 2.75) is 18.8 Å². The smallest absolute Gasteiger partial charge is 0.325 e. The van der Waals surface area contributed by atoms with Crippen molar-refractivity contribution in [2.24, 2.45) is 5.73 Å². The van der Waals surface area contributed by atoms with Crippen molar-refractivity contribution in [3.8, 4) is 5.75 Å². The molecule has 1 fully saturated rings. The highest BCUT2D eigenvalue weighted by atomic mass is 19.1. The van der Waals surface area contributed by atoms with Crippen LogP contribution in [0.25, 0.3) is 0 Å². The molecule has 1 aliphatic rings. The topological polar surface area (TPSA) is 52.3 Å². The Labute approximate surface area is 87.0 Å². The van der Waals surface area contributed by atoms with Crippen molar-refractivity contribution in [3.05, 3.63) is 29.6 Å². The zero-order chi connectivity index (χ0) is 10.8. The number of hydrogen-bond acceptors (Lipinski definition) is 3. The highest BCUT2D eigenvalue weighted by Crippen LogP contribution is 2.44. The zero-order valence-electron chi connectivity index (χ0n) is 8.20. The van der Waals surface area contributed by atoms with Gasteiger partial charge in [0.05, 0.1) is 6.54 Å². The van der Waals surface area contributed by atoms with Gasteiger partial charge >= 0.3 is 5.97 Å². The third kappa shape index (κ3) is 2.33. The molecule has 2 rings (SSSR count). The number of ether oxygens (including phenoxy) is 1. The lowest BCUT2D eigenvalue weighted by atomic mass is 10.1. The molecular formula is C11H12FNO2. The largest absolute Gasteiger partial charge is 0.425 e. The maximum atomic E-state index is 13.0. The van der Waals surface area contributed by atoms with Crippen LogP contribution in [0.3, 0.4) is 0 Å². The molecular weight excluding hydrogens is 197 g/mol. The molecule has 1 aliphatic carbocycles. The van der Waals surface area contributed by atoms with Crippen LogP contribution in [0.4, 0.5) is 4.39 Å². The summed E-state index contributed by atoms with van der Waals surface area (Å²) in [5, 5.41) is 0. The van der Waals surface area contributed by atoms with Crippen LogP contribution in [-0.2, 0) is 4.79 Å². The molecule has 1 aromatic carbocycles. The molecule has 0 bridgehead atoms. The summed E-state index contributed by atoms with van der Waals surface area (Å²) in [5.74, 6) is -0.0245. The molecule has 3 nitrogen and oxygen atoms in total. The van der Waals surface area contributed by atoms with Gasteiger partial charge in [0, 0.05) is 5.56 Å². The second kappa shape index (κ2) is 3.98. The van der Waals surface area contributed by atoms with Crippen LogP contribution >= 0.6 is 0 Å². The van der Waals surface area contributed by atoms with Crippen molar-refractivity contribution >= 4 is 5.97 Å². The minimum atomic E-state index is -0.497. The van der Waals surface area contributed by atoms with Gasteiger partial charge in [0.25, 0.3) is 0 Å². The Morgan fingerprint density at radius 1 is 1.53 bits per heavy atom. The van der Waals surface area contributed by atoms with E-state index in [0.29, 0.717) is 11.7 Å². The Hall–Kier alpha value is -1.42. The average Bonchev–Trinajstić information content (AvgIpc) is 3.04. The summed E-state index contributed by atoms with van der Waals surface area (Å²) in [5.41, 5.74) is 5.92. The highest BCUT2D eigenvalue weighted by molar-refractivity contribution is 5.74. The van der Waals surface area contributed by atoms with E-state index in [1.54, 1.807) is 0 Å². The van der Waals surface area contributed by atoms with Gasteiger partial charge in [0.2, 0.25) is 0 Å². The molecule has 0 aliphatic heterocycles. The third-order valence-electron chi connectivity index (χ3n) is 2.38. The summed E-state index contributed by atoms with van der Waals surface area (Å²) in [6.07, 6.45) is 2.05. The van der Waals surface area contributed by atoms with Crippen LogP contribution < -0.4 is 10.5 Å². The number of benzene rings is 1. The predicted molar refractivity (Wildman–Crippen MR) is 53.1 cm³/mol. The van der Waals surface area contributed by atoms with Gasteiger partial charge in [-0.25, -0.2) is 4.39 Å². The molecule has 2 N–H and O–H groups in total. The summed E-state index contributed by atoms with van der Waals surface area (Å²) < 4.78 is 18.0. The van der Waals surface area contributed by atoms with E-state index in [9.17, 15) is 9.18 Å². The first kappa shape index (κ1) is 10.1. The summed E-state index contributed by atoms with van der Waals surface area (Å²) in [4.78, 5) is 11.0. The summed E-state index contributed by atoms with van der Waals surface area (Å²) in [6, 6.07) is 4.19. The zero-order valence-corrected chi connectivity index (χ0v) is 8.20. The first-order chi connectivity index (χ1) is 7.20. The lowest BCUT2D eigenvalue weighted by Crippen LogP contribution is -2.20. The Morgan fingerprint density at radius 2 is 2.27 bits per heavy atom. The van der Waals surface area contributed by atoms with Gasteiger partial charge in [0.15, 0.2) is 0 Å². The van der Waals surface area contributed by atoms with Crippen molar-refractivity contribution in [1.82, 2.24) is 0 Å². The van der Waals surface area contributed by atoms with Crippen LogP contribution in [0.1, 0.15) is 24.3 Å². The van der Waals surface area contributed by atoms with Gasteiger partial charge in [0.1, 0.15) is 11.6 Å². The van der Waals surface area contributed by atoms with Crippen LogP contribution in [0.15, 0.2) is 18.2 Å². The fourth-order valence-corrected chi connectivity index (χ4v) is 1.49. The Morgan fingerprint density at radius 3 is 2.87 bits per heavy atom. The number of esters is 1. The Balaban J connectivity index is 2.24. The van der Waals surface area contributed by atoms with Crippen molar-refractivity contribution < 1.29 is 13.9 Å². The molecule has 0 radical (unpaired) electrons. The van der Waals surface area contributed by atoms with E-state index in [1.807, 2.05) is 0 Å². The molecule has 0 heterocycles. The second-order valence-electron chi connectivity index (χ2n) is 3.63. The summed E-state index contributed by atoms with van der Waals surface area (Å²) >= 11 is 0. The van der Waals surface area contributed by atoms with Gasteiger partial charge < -0.3 is 10.5 Å². The number of rotatable bonds is 3. The van der Waals surface area contributed by atoms with Crippen molar-refractivity contribution in [1.29, 1.82) is 0 Å². The molecule has 0 aromatic heterocycles. The van der Waals surface area contributed by atoms with E-state index in [-0.39, 0.29) is 12.4 Å². The van der Waals surface area contributed by atoms with Gasteiger partial charge in [-0.05, 0) is 37.0 Å². The SMILES string of the molecule is NCC(=O)Oc1ccc(F)cc1C1CC1. The minimum absolute atomic E-state index is 0.165. The summed E-state index contributed by atoms with van der Waals surface area (Å²) in [6.45, 7) is -0.165. The van der Waals surface area contributed by atoms with Crippen LogP contribution in [0.2, 0.25) is 0 Å². The van der Waals surface area contributed by atoms with Gasteiger partial charge in [-0.1, -0.05) is 0 Å². The number of hydrogen-bond donors (Lipinski definition) is 1. The fourth-order valence-electron chi connectivity index (χ4n) is 1.49. The van der Waals surface area contributed by atoms with E-state index in [4.69, 9.17) is 10.5 Å². The van der Waals surface area contributed by atoms with E-state index in [0.717, 1.165) is 18.4 Å². The molecule has 0 spiro atoms. The first-order valence-corrected chi connectivity index (χ1v) is 4.91. The van der Waals surface area contributed by atoms with Crippen LogP contribution in [0, 0.1) is 5.82 Å². The van der Waals surface area contributed by atoms with Gasteiger partial charge in [-0.15, -0.1) is 0 Å². The van der Waals surface area contributed by atoms with Crippen LogP contribution in [0.5, 0.6) is 5.75 Å². The lowest BCUT2D eigenvalue weighted by Gasteiger charge is -2.08. The average molecular weight is 209 g/mol. The highest BCUT2D eigenvalue weighted by Gasteiger charge is 2.27. The molecule has 80 valence electrons. The maximum Gasteiger partial charge on any atom is 0.325 e. The normalized spacial score (nSPS) is 15.1. The number of nitrogens with two attached hydrogens (primary N) is 1. The van der Waals surface area contributed by atoms with Gasteiger partial charge in [-0.2, -0.15) is 0 Å². The monoisotopic (exact) mass is 209 g/mol. The van der Waals surface area contributed by atoms with E-state index in [2.05, 4.69) is 0 Å². The van der Waals surface area contributed by atoms with E-state index >= 15 is 0 Å². The Kier molecular flexibility index (Phi) is 2.68. The standard InChI is InChI=1S/C11H12FNO2/c12-8-3-4-10(15-11(14)6-13)9(5-8)7-1-2-7/h3-5,7H,1-2,6,13H2. The van der Waals surface area contributed by atoms with Crippen molar-refractivity contribution in [2.75, 3.05) is 6.54 Å². The number of carbonyl (C=O) groups excluding carboxylic acids is 1. The maximum absolute atomic E-state index is 13.0. The third-order valence-corrected chi connectivity index (χ3v) is 2.38. The van der Waals surface area contributed by atoms with Crippen LogP contribution in [-0.4, -0.2) is 12.5 Å². The molecule has 0 saturated heterocycles. The molecule has 1 saturated carbocycles. The van der Waals surface area contributed by atoms with Crippen molar-refractivity contribution in [3.63, 3.8) is 0 Å². The molecule has 1 aromatic rings. The molecule has 0 atom stereocenters. The van der Waals surface area contributed by atoms with Gasteiger partial charge in [-0.3, -0.25) is 4.79 Å². The lowest BCUT2D eigenvalue weighted by molar-refractivity contribution is -0.132. The quantitative estimate of drug-likeness (QED) is 0.607. The predicted octanol–water partition coefficient (Wildman–Crippen LogP) is 1.57. The molecule has 0 unspecified atom stereocenters. The number of carbonyl (C=O) groups is 1. The first-order valence-electron chi connectivity index (χ1n) is 4.91. The minimum Gasteiger partial charge on any atom is -0.425 e. The fraction of sp³-hybridized carbons (Fsp3) is 0.364. The Bertz CT molecular complexity index is 388. The van der Waals surface area contributed by atoms with E-state index < -0.39 is 5.97 Å². The van der Waals surface area contributed by atoms with E-state index in [1.165, 1.54) is 18.2 Å². The summed E-state index contributed by atoms with van der Waals surface area (Å²) in [7, 11) is 0. The molecule has 0 amide bonds. The number of halogens is 1. The second-order valence-corrected chi connectivity index (χ2v) is 3.63. The molecule has 15 heavy (non-hydrogen) atoms. The molecule has 4 heteroatoms.